The molecule has 1 aromatic rings. The third-order valence-electron chi connectivity index (χ3n) is 1.69. The van der Waals surface area contributed by atoms with E-state index in [4.69, 9.17) is 17.3 Å². The van der Waals surface area contributed by atoms with Crippen LogP contribution in [0.2, 0.25) is 5.02 Å². The Labute approximate surface area is 84.0 Å². The van der Waals surface area contributed by atoms with Crippen molar-refractivity contribution in [3.05, 3.63) is 35.4 Å². The molecule has 0 heterocycles. The van der Waals surface area contributed by atoms with Gasteiger partial charge in [0, 0.05) is 0 Å². The van der Waals surface area contributed by atoms with Gasteiger partial charge in [0.15, 0.2) is 0 Å². The van der Waals surface area contributed by atoms with E-state index in [2.05, 4.69) is 6.58 Å². The second-order valence-corrected chi connectivity index (χ2v) is 3.12. The monoisotopic (exact) mass is 221 g/mol. The Balaban J connectivity index is 3.10. The lowest BCUT2D eigenvalue weighted by Crippen LogP contribution is -2.09. The molecule has 5 heteroatoms. The minimum atomic E-state index is -4.44. The lowest BCUT2D eigenvalue weighted by Gasteiger charge is -2.10. The molecule has 0 bridgehead atoms. The number of hydrogen-bond donors (Lipinski definition) is 1. The predicted octanol–water partition coefficient (Wildman–Crippen LogP) is 3.50. The number of rotatable bonds is 1. The molecule has 0 atom stereocenters. The first kappa shape index (κ1) is 10.9. The molecular weight excluding hydrogens is 215 g/mol. The van der Waals surface area contributed by atoms with E-state index in [0.717, 1.165) is 6.07 Å². The number of anilines is 1. The molecule has 0 unspecified atom stereocenters. The van der Waals surface area contributed by atoms with Crippen molar-refractivity contribution in [3.63, 3.8) is 0 Å². The molecule has 0 aliphatic rings. The quantitative estimate of drug-likeness (QED) is 0.722. The molecule has 0 aliphatic carbocycles. The van der Waals surface area contributed by atoms with Crippen LogP contribution in [0.15, 0.2) is 24.8 Å². The Hall–Kier alpha value is -1.16. The van der Waals surface area contributed by atoms with Gasteiger partial charge in [0.2, 0.25) is 0 Å². The van der Waals surface area contributed by atoms with Gasteiger partial charge in [-0.3, -0.25) is 0 Å². The number of allylic oxidation sites excluding steroid dienone is 1. The number of hydrogen-bond acceptors (Lipinski definition) is 1. The Morgan fingerprint density at radius 2 is 1.93 bits per heavy atom. The van der Waals surface area contributed by atoms with Gasteiger partial charge in [-0.25, -0.2) is 0 Å². The van der Waals surface area contributed by atoms with Crippen LogP contribution in [0, 0.1) is 0 Å². The molecule has 0 spiro atoms. The van der Waals surface area contributed by atoms with E-state index in [1.807, 2.05) is 0 Å². The zero-order chi connectivity index (χ0) is 10.9. The Morgan fingerprint density at radius 3 is 2.36 bits per heavy atom. The SMILES string of the molecule is C=C(c1ccc(Cl)c(N)c1)C(F)(F)F. The van der Waals surface area contributed by atoms with Crippen molar-refractivity contribution in [2.75, 3.05) is 5.73 Å². The third-order valence-corrected chi connectivity index (χ3v) is 2.03. The summed E-state index contributed by atoms with van der Waals surface area (Å²) in [6.45, 7) is 2.94. The fraction of sp³-hybridized carbons (Fsp3) is 0.111. The first-order valence-corrected chi connectivity index (χ1v) is 4.01. The Kier molecular flexibility index (Phi) is 2.76. The van der Waals surface area contributed by atoms with Crippen molar-refractivity contribution in [1.82, 2.24) is 0 Å². The summed E-state index contributed by atoms with van der Waals surface area (Å²) in [5, 5.41) is 0.226. The number of alkyl halides is 3. The Bertz CT molecular complexity index is 371. The maximum atomic E-state index is 12.2. The molecule has 1 aromatic carbocycles. The summed E-state index contributed by atoms with van der Waals surface area (Å²) in [6, 6.07) is 3.69. The highest BCUT2D eigenvalue weighted by Crippen LogP contribution is 2.34. The van der Waals surface area contributed by atoms with Crippen LogP contribution >= 0.6 is 11.6 Å². The highest BCUT2D eigenvalue weighted by Gasteiger charge is 2.32. The molecule has 0 saturated heterocycles. The lowest BCUT2D eigenvalue weighted by atomic mass is 10.1. The molecule has 0 saturated carbocycles. The first-order valence-electron chi connectivity index (χ1n) is 3.64. The van der Waals surface area contributed by atoms with Crippen molar-refractivity contribution in [1.29, 1.82) is 0 Å². The molecule has 0 fully saturated rings. The molecule has 1 nitrogen and oxygen atoms in total. The summed E-state index contributed by atoms with van der Waals surface area (Å²) >= 11 is 5.56. The van der Waals surface area contributed by atoms with Gasteiger partial charge in [0.1, 0.15) is 0 Å². The van der Waals surface area contributed by atoms with Crippen molar-refractivity contribution < 1.29 is 13.2 Å². The zero-order valence-corrected chi connectivity index (χ0v) is 7.78. The topological polar surface area (TPSA) is 26.0 Å². The standard InChI is InChI=1S/C9H7ClF3N/c1-5(9(11,12)13)6-2-3-7(10)8(14)4-6/h2-4H,1,14H2. The summed E-state index contributed by atoms with van der Waals surface area (Å²) in [7, 11) is 0. The molecule has 0 aliphatic heterocycles. The van der Waals surface area contributed by atoms with E-state index in [1.54, 1.807) is 0 Å². The number of nitrogens with two attached hydrogens (primary N) is 1. The van der Waals surface area contributed by atoms with Gasteiger partial charge in [-0.05, 0) is 17.7 Å². The largest absolute Gasteiger partial charge is 0.416 e. The number of benzene rings is 1. The minimum absolute atomic E-state index is 0.0700. The molecule has 0 radical (unpaired) electrons. The minimum Gasteiger partial charge on any atom is -0.398 e. The maximum Gasteiger partial charge on any atom is 0.416 e. The highest BCUT2D eigenvalue weighted by atomic mass is 35.5. The van der Waals surface area contributed by atoms with Crippen LogP contribution in [-0.4, -0.2) is 6.18 Å². The number of halogens is 4. The van der Waals surface area contributed by atoms with Crippen molar-refractivity contribution in [2.45, 2.75) is 6.18 Å². The normalized spacial score (nSPS) is 11.4. The van der Waals surface area contributed by atoms with Crippen molar-refractivity contribution in [3.8, 4) is 0 Å². The van der Waals surface area contributed by atoms with E-state index in [1.165, 1.54) is 12.1 Å². The maximum absolute atomic E-state index is 12.2. The van der Waals surface area contributed by atoms with Crippen LogP contribution < -0.4 is 5.73 Å². The lowest BCUT2D eigenvalue weighted by molar-refractivity contribution is -0.0686. The predicted molar refractivity (Wildman–Crippen MR) is 51.0 cm³/mol. The summed E-state index contributed by atoms with van der Waals surface area (Å²) in [6.07, 6.45) is -4.44. The van der Waals surface area contributed by atoms with Gasteiger partial charge in [0.05, 0.1) is 16.3 Å². The van der Waals surface area contributed by atoms with Crippen molar-refractivity contribution >= 4 is 22.9 Å². The summed E-state index contributed by atoms with van der Waals surface area (Å²) < 4.78 is 36.6. The second kappa shape index (κ2) is 3.53. The van der Waals surface area contributed by atoms with Crippen LogP contribution in [0.1, 0.15) is 5.56 Å². The van der Waals surface area contributed by atoms with Gasteiger partial charge in [-0.1, -0.05) is 24.2 Å². The fourth-order valence-corrected chi connectivity index (χ4v) is 1.01. The highest BCUT2D eigenvalue weighted by molar-refractivity contribution is 6.33. The first-order chi connectivity index (χ1) is 6.32. The number of nitrogen functional groups attached to an aromatic ring is 1. The van der Waals surface area contributed by atoms with E-state index in [-0.39, 0.29) is 16.3 Å². The summed E-state index contributed by atoms with van der Waals surface area (Å²) in [4.78, 5) is 0. The van der Waals surface area contributed by atoms with Gasteiger partial charge >= 0.3 is 6.18 Å². The molecule has 14 heavy (non-hydrogen) atoms. The summed E-state index contributed by atoms with van der Waals surface area (Å²) in [5.74, 6) is 0. The van der Waals surface area contributed by atoms with E-state index >= 15 is 0 Å². The molecular formula is C9H7ClF3N. The third kappa shape index (κ3) is 2.20. The molecule has 1 rings (SSSR count). The molecule has 0 aromatic heterocycles. The molecule has 76 valence electrons. The van der Waals surface area contributed by atoms with Gasteiger partial charge < -0.3 is 5.73 Å². The van der Waals surface area contributed by atoms with Crippen LogP contribution in [0.4, 0.5) is 18.9 Å². The van der Waals surface area contributed by atoms with Crippen molar-refractivity contribution in [2.24, 2.45) is 0 Å². The average molecular weight is 222 g/mol. The molecule has 0 amide bonds. The van der Waals surface area contributed by atoms with Gasteiger partial charge in [-0.2, -0.15) is 13.2 Å². The zero-order valence-electron chi connectivity index (χ0n) is 7.03. The van der Waals surface area contributed by atoms with E-state index < -0.39 is 11.7 Å². The smallest absolute Gasteiger partial charge is 0.398 e. The van der Waals surface area contributed by atoms with Crippen LogP contribution in [0.5, 0.6) is 0 Å². The second-order valence-electron chi connectivity index (χ2n) is 2.71. The summed E-state index contributed by atoms with van der Waals surface area (Å²) in [5.41, 5.74) is 4.47. The van der Waals surface area contributed by atoms with E-state index in [0.29, 0.717) is 0 Å². The molecule has 2 N–H and O–H groups in total. The average Bonchev–Trinajstić information content (AvgIpc) is 2.07. The fourth-order valence-electron chi connectivity index (χ4n) is 0.895. The van der Waals surface area contributed by atoms with Crippen LogP contribution in [0.3, 0.4) is 0 Å². The van der Waals surface area contributed by atoms with Gasteiger partial charge in [0.25, 0.3) is 0 Å². The van der Waals surface area contributed by atoms with Crippen LogP contribution in [0.25, 0.3) is 5.57 Å². The Morgan fingerprint density at radius 1 is 1.36 bits per heavy atom. The van der Waals surface area contributed by atoms with E-state index in [9.17, 15) is 13.2 Å². The van der Waals surface area contributed by atoms with Gasteiger partial charge in [-0.15, -0.1) is 0 Å². The van der Waals surface area contributed by atoms with Crippen LogP contribution in [-0.2, 0) is 0 Å².